The predicted molar refractivity (Wildman–Crippen MR) is 93.7 cm³/mol. The highest BCUT2D eigenvalue weighted by molar-refractivity contribution is 5.97. The van der Waals surface area contributed by atoms with Crippen LogP contribution in [0.5, 0.6) is 0 Å². The van der Waals surface area contributed by atoms with E-state index in [0.29, 0.717) is 12.5 Å². The molecular formula is C20H18N2O. The smallest absolute Gasteiger partial charge is 0.236 e. The van der Waals surface area contributed by atoms with Crippen molar-refractivity contribution in [1.82, 2.24) is 4.98 Å². The van der Waals surface area contributed by atoms with Gasteiger partial charge in [0.1, 0.15) is 12.3 Å². The first kappa shape index (κ1) is 13.9. The lowest BCUT2D eigenvalue weighted by Gasteiger charge is -2.08. The number of aromatic nitrogens is 1. The number of hydrogen-bond acceptors (Lipinski definition) is 3. The fourth-order valence-electron chi connectivity index (χ4n) is 2.87. The van der Waals surface area contributed by atoms with Crippen LogP contribution in [-0.4, -0.2) is 23.0 Å². The monoisotopic (exact) mass is 302 g/mol. The minimum absolute atomic E-state index is 0.174. The van der Waals surface area contributed by atoms with E-state index in [9.17, 15) is 0 Å². The molecule has 114 valence electrons. The van der Waals surface area contributed by atoms with E-state index in [-0.39, 0.29) is 5.54 Å². The van der Waals surface area contributed by atoms with Crippen molar-refractivity contribution in [3.05, 3.63) is 66.4 Å². The number of hydrogen-bond donors (Lipinski definition) is 0. The first-order chi connectivity index (χ1) is 11.1. The summed E-state index contributed by atoms with van der Waals surface area (Å²) < 4.78 is 5.72. The van der Waals surface area contributed by atoms with E-state index in [2.05, 4.69) is 61.3 Å². The molecular weight excluding hydrogens is 284 g/mol. The van der Waals surface area contributed by atoms with Crippen LogP contribution in [0, 0.1) is 0 Å². The first-order valence-electron chi connectivity index (χ1n) is 7.81. The van der Waals surface area contributed by atoms with Gasteiger partial charge in [0, 0.05) is 5.56 Å². The third-order valence-corrected chi connectivity index (χ3v) is 4.00. The summed E-state index contributed by atoms with van der Waals surface area (Å²) in [5, 5.41) is 2.42. The molecule has 0 unspecified atom stereocenters. The van der Waals surface area contributed by atoms with Gasteiger partial charge in [-0.1, -0.05) is 48.5 Å². The minimum atomic E-state index is -0.174. The predicted octanol–water partition coefficient (Wildman–Crippen LogP) is 4.46. The van der Waals surface area contributed by atoms with Crippen LogP contribution in [0.15, 0.2) is 65.7 Å². The SMILES string of the molecule is CC1(C)COC(c2cccc(-c3cccc4ccccc34)n2)=N1. The molecule has 4 rings (SSSR count). The average molecular weight is 302 g/mol. The summed E-state index contributed by atoms with van der Waals surface area (Å²) >= 11 is 0. The zero-order chi connectivity index (χ0) is 15.9. The maximum Gasteiger partial charge on any atom is 0.236 e. The van der Waals surface area contributed by atoms with Crippen molar-refractivity contribution in [2.24, 2.45) is 4.99 Å². The van der Waals surface area contributed by atoms with Crippen molar-refractivity contribution in [3.8, 4) is 11.3 Å². The molecule has 0 atom stereocenters. The molecule has 0 bridgehead atoms. The van der Waals surface area contributed by atoms with E-state index in [0.717, 1.165) is 17.0 Å². The Kier molecular flexibility index (Phi) is 3.15. The van der Waals surface area contributed by atoms with Crippen molar-refractivity contribution >= 4 is 16.7 Å². The molecule has 2 heterocycles. The number of pyridine rings is 1. The molecule has 0 aliphatic carbocycles. The molecule has 1 aromatic heterocycles. The molecule has 0 amide bonds. The second kappa shape index (κ2) is 5.20. The minimum Gasteiger partial charge on any atom is -0.474 e. The fraction of sp³-hybridized carbons (Fsp3) is 0.200. The summed E-state index contributed by atoms with van der Waals surface area (Å²) in [7, 11) is 0. The van der Waals surface area contributed by atoms with Crippen LogP contribution in [0.1, 0.15) is 19.5 Å². The lowest BCUT2D eigenvalue weighted by atomic mass is 10.0. The van der Waals surface area contributed by atoms with Crippen molar-refractivity contribution in [2.75, 3.05) is 6.61 Å². The van der Waals surface area contributed by atoms with E-state index < -0.39 is 0 Å². The summed E-state index contributed by atoms with van der Waals surface area (Å²) in [6.07, 6.45) is 0. The first-order valence-corrected chi connectivity index (χ1v) is 7.81. The van der Waals surface area contributed by atoms with Gasteiger partial charge < -0.3 is 4.74 Å². The van der Waals surface area contributed by atoms with Gasteiger partial charge in [-0.3, -0.25) is 0 Å². The lowest BCUT2D eigenvalue weighted by Crippen LogP contribution is -2.17. The van der Waals surface area contributed by atoms with Crippen molar-refractivity contribution in [2.45, 2.75) is 19.4 Å². The summed E-state index contributed by atoms with van der Waals surface area (Å²) in [4.78, 5) is 9.40. The third kappa shape index (κ3) is 2.59. The molecule has 1 aliphatic rings. The number of nitrogens with zero attached hydrogens (tertiary/aromatic N) is 2. The molecule has 0 radical (unpaired) electrons. The number of ether oxygens (including phenoxy) is 1. The molecule has 3 aromatic rings. The summed E-state index contributed by atoms with van der Waals surface area (Å²) in [5.74, 6) is 0.636. The average Bonchev–Trinajstić information content (AvgIpc) is 2.94. The van der Waals surface area contributed by atoms with Gasteiger partial charge in [-0.05, 0) is 36.8 Å². The van der Waals surface area contributed by atoms with Gasteiger partial charge in [-0.15, -0.1) is 0 Å². The van der Waals surface area contributed by atoms with Crippen molar-refractivity contribution in [1.29, 1.82) is 0 Å². The van der Waals surface area contributed by atoms with E-state index in [1.165, 1.54) is 10.8 Å². The lowest BCUT2D eigenvalue weighted by molar-refractivity contribution is 0.279. The molecule has 0 spiro atoms. The Morgan fingerprint density at radius 3 is 2.43 bits per heavy atom. The van der Waals surface area contributed by atoms with Crippen molar-refractivity contribution < 1.29 is 4.74 Å². The number of fused-ring (bicyclic) bond motifs is 1. The summed E-state index contributed by atoms with van der Waals surface area (Å²) in [5.41, 5.74) is 2.69. The van der Waals surface area contributed by atoms with Crippen LogP contribution in [-0.2, 0) is 4.74 Å². The van der Waals surface area contributed by atoms with Crippen LogP contribution in [0.4, 0.5) is 0 Å². The molecule has 23 heavy (non-hydrogen) atoms. The van der Waals surface area contributed by atoms with E-state index in [1.54, 1.807) is 0 Å². The molecule has 2 aromatic carbocycles. The van der Waals surface area contributed by atoms with Crippen LogP contribution in [0.25, 0.3) is 22.0 Å². The van der Waals surface area contributed by atoms with Gasteiger partial charge in [0.15, 0.2) is 0 Å². The van der Waals surface area contributed by atoms with Crippen LogP contribution >= 0.6 is 0 Å². The Bertz CT molecular complexity index is 907. The molecule has 0 saturated heterocycles. The van der Waals surface area contributed by atoms with Crippen LogP contribution in [0.3, 0.4) is 0 Å². The zero-order valence-corrected chi connectivity index (χ0v) is 13.3. The Morgan fingerprint density at radius 2 is 1.61 bits per heavy atom. The Morgan fingerprint density at radius 1 is 0.870 bits per heavy atom. The number of aliphatic imine (C=N–C) groups is 1. The molecule has 1 aliphatic heterocycles. The molecule has 3 heteroatoms. The fourth-order valence-corrected chi connectivity index (χ4v) is 2.87. The molecule has 3 nitrogen and oxygen atoms in total. The van der Waals surface area contributed by atoms with Crippen molar-refractivity contribution in [3.63, 3.8) is 0 Å². The van der Waals surface area contributed by atoms with Crippen LogP contribution < -0.4 is 0 Å². The topological polar surface area (TPSA) is 34.5 Å². The second-order valence-electron chi connectivity index (χ2n) is 6.45. The van der Waals surface area contributed by atoms with Gasteiger partial charge in [-0.2, -0.15) is 0 Å². The maximum absolute atomic E-state index is 5.72. The van der Waals surface area contributed by atoms with Gasteiger partial charge in [0.05, 0.1) is 11.2 Å². The van der Waals surface area contributed by atoms with Gasteiger partial charge in [0.2, 0.25) is 5.90 Å². The van der Waals surface area contributed by atoms with E-state index >= 15 is 0 Å². The molecule has 0 N–H and O–H groups in total. The zero-order valence-electron chi connectivity index (χ0n) is 13.3. The van der Waals surface area contributed by atoms with Crippen LogP contribution in [0.2, 0.25) is 0 Å². The highest BCUT2D eigenvalue weighted by atomic mass is 16.5. The largest absolute Gasteiger partial charge is 0.474 e. The van der Waals surface area contributed by atoms with E-state index in [4.69, 9.17) is 9.72 Å². The molecule has 0 fully saturated rings. The Hall–Kier alpha value is -2.68. The highest BCUT2D eigenvalue weighted by Crippen LogP contribution is 2.28. The van der Waals surface area contributed by atoms with Gasteiger partial charge >= 0.3 is 0 Å². The number of benzene rings is 2. The number of rotatable bonds is 2. The Balaban J connectivity index is 1.83. The van der Waals surface area contributed by atoms with E-state index in [1.807, 2.05) is 18.2 Å². The quantitative estimate of drug-likeness (QED) is 0.700. The van der Waals surface area contributed by atoms with Gasteiger partial charge in [-0.25, -0.2) is 9.98 Å². The molecule has 0 saturated carbocycles. The summed E-state index contributed by atoms with van der Waals surface area (Å²) in [6.45, 7) is 4.73. The van der Waals surface area contributed by atoms with Gasteiger partial charge in [0.25, 0.3) is 0 Å². The third-order valence-electron chi connectivity index (χ3n) is 4.00. The second-order valence-corrected chi connectivity index (χ2v) is 6.45. The summed E-state index contributed by atoms with van der Waals surface area (Å²) in [6, 6.07) is 20.7. The maximum atomic E-state index is 5.72. The highest BCUT2D eigenvalue weighted by Gasteiger charge is 2.27. The standard InChI is InChI=1S/C20H18N2O/c1-20(2)13-23-19(22-20)18-12-6-11-17(21-18)16-10-5-8-14-7-3-4-9-15(14)16/h3-12H,13H2,1-2H3. The normalized spacial score (nSPS) is 16.2. The Labute approximate surface area is 135 Å².